The zero-order valence-electron chi connectivity index (χ0n) is 16.2. The lowest BCUT2D eigenvalue weighted by Gasteiger charge is -2.22. The van der Waals surface area contributed by atoms with Gasteiger partial charge >= 0.3 is 0 Å². The molecule has 150 valence electrons. The number of nitrogens with zero attached hydrogens (tertiary/aromatic N) is 3. The van der Waals surface area contributed by atoms with E-state index in [2.05, 4.69) is 46.7 Å². The largest absolute Gasteiger partial charge is 0.475 e. The average Bonchev–Trinajstić information content (AvgIpc) is 3.18. The van der Waals surface area contributed by atoms with Crippen LogP contribution in [0, 0.1) is 0 Å². The van der Waals surface area contributed by atoms with E-state index >= 15 is 0 Å². The first kappa shape index (κ1) is 23.6. The van der Waals surface area contributed by atoms with E-state index in [-0.39, 0.29) is 24.0 Å². The summed E-state index contributed by atoms with van der Waals surface area (Å²) in [6.07, 6.45) is 2.74. The van der Waals surface area contributed by atoms with Crippen LogP contribution >= 0.6 is 35.3 Å². The molecule has 0 bridgehead atoms. The van der Waals surface area contributed by atoms with E-state index in [1.165, 1.54) is 4.88 Å². The summed E-state index contributed by atoms with van der Waals surface area (Å²) in [4.78, 5) is 12.6. The molecule has 0 aliphatic heterocycles. The number of thiophene rings is 1. The molecule has 2 heterocycles. The number of aliphatic imine (C=N–C) groups is 1. The Morgan fingerprint density at radius 3 is 2.85 bits per heavy atom. The summed E-state index contributed by atoms with van der Waals surface area (Å²) in [5.41, 5.74) is 0.964. The van der Waals surface area contributed by atoms with Crippen molar-refractivity contribution in [3.05, 3.63) is 46.3 Å². The minimum atomic E-state index is 0. The van der Waals surface area contributed by atoms with Gasteiger partial charge in [-0.1, -0.05) is 12.1 Å². The highest BCUT2D eigenvalue weighted by atomic mass is 127. The predicted octanol–water partition coefficient (Wildman–Crippen LogP) is 3.43. The van der Waals surface area contributed by atoms with Gasteiger partial charge in [0.15, 0.2) is 5.96 Å². The molecule has 0 radical (unpaired) electrons. The van der Waals surface area contributed by atoms with Gasteiger partial charge in [0.25, 0.3) is 0 Å². The summed E-state index contributed by atoms with van der Waals surface area (Å²) in [5.74, 6) is 1.50. The Labute approximate surface area is 183 Å². The maximum atomic E-state index is 5.69. The van der Waals surface area contributed by atoms with E-state index in [0.717, 1.165) is 31.0 Å². The minimum absolute atomic E-state index is 0. The van der Waals surface area contributed by atoms with E-state index in [4.69, 9.17) is 14.5 Å². The molecule has 0 fully saturated rings. The summed E-state index contributed by atoms with van der Waals surface area (Å²) in [7, 11) is 3.72. The molecule has 0 aliphatic rings. The molecule has 0 saturated carbocycles. The maximum Gasteiger partial charge on any atom is 0.218 e. The minimum Gasteiger partial charge on any atom is -0.475 e. The van der Waals surface area contributed by atoms with Crippen LogP contribution in [0.3, 0.4) is 0 Å². The molecule has 1 N–H and O–H groups in total. The number of guanidine groups is 1. The van der Waals surface area contributed by atoms with Crippen LogP contribution in [0.4, 0.5) is 0 Å². The maximum absolute atomic E-state index is 5.69. The van der Waals surface area contributed by atoms with E-state index in [0.29, 0.717) is 25.6 Å². The van der Waals surface area contributed by atoms with Crippen molar-refractivity contribution in [2.24, 2.45) is 4.99 Å². The molecular weight excluding hydrogens is 475 g/mol. The van der Waals surface area contributed by atoms with Gasteiger partial charge in [-0.2, -0.15) is 0 Å². The summed E-state index contributed by atoms with van der Waals surface area (Å²) >= 11 is 1.79. The third-order valence-electron chi connectivity index (χ3n) is 3.75. The van der Waals surface area contributed by atoms with Crippen LogP contribution in [0.25, 0.3) is 0 Å². The smallest absolute Gasteiger partial charge is 0.218 e. The summed E-state index contributed by atoms with van der Waals surface area (Å²) in [6.45, 7) is 5.34. The molecule has 0 unspecified atom stereocenters. The van der Waals surface area contributed by atoms with Gasteiger partial charge in [-0.15, -0.1) is 35.3 Å². The average molecular weight is 504 g/mol. The van der Waals surface area contributed by atoms with Crippen molar-refractivity contribution in [1.82, 2.24) is 15.2 Å². The normalized spacial score (nSPS) is 11.0. The highest BCUT2D eigenvalue weighted by molar-refractivity contribution is 14.0. The number of hydrogen-bond donors (Lipinski definition) is 1. The van der Waals surface area contributed by atoms with E-state index in [9.17, 15) is 0 Å². The summed E-state index contributed by atoms with van der Waals surface area (Å²) < 4.78 is 10.7. The zero-order chi connectivity index (χ0) is 18.6. The Hall–Kier alpha value is -1.39. The third-order valence-corrected chi connectivity index (χ3v) is 4.68. The standard InChI is InChI=1S/C19H28N4O2S.HI/c1-4-20-19(23(2)11-9-17-8-6-14-26-17)22-15-16-7-5-10-21-18(16)25-13-12-24-3;/h5-8,10,14H,4,9,11-13,15H2,1-3H3,(H,20,22);1H. The monoisotopic (exact) mass is 504 g/mol. The van der Waals surface area contributed by atoms with Crippen molar-refractivity contribution >= 4 is 41.3 Å². The van der Waals surface area contributed by atoms with Gasteiger partial charge in [0, 0.05) is 43.9 Å². The molecule has 2 aromatic heterocycles. The summed E-state index contributed by atoms with van der Waals surface area (Å²) in [5, 5.41) is 5.47. The van der Waals surface area contributed by atoms with Gasteiger partial charge in [-0.05, 0) is 30.9 Å². The van der Waals surface area contributed by atoms with Crippen LogP contribution < -0.4 is 10.1 Å². The number of likely N-dealkylation sites (N-methyl/N-ethyl adjacent to an activating group) is 1. The van der Waals surface area contributed by atoms with Crippen LogP contribution in [0.15, 0.2) is 40.8 Å². The highest BCUT2D eigenvalue weighted by Crippen LogP contribution is 2.15. The number of aromatic nitrogens is 1. The molecule has 0 saturated heterocycles. The zero-order valence-corrected chi connectivity index (χ0v) is 19.3. The Bertz CT molecular complexity index is 667. The second kappa shape index (κ2) is 13.7. The molecule has 0 aromatic carbocycles. The van der Waals surface area contributed by atoms with Crippen molar-refractivity contribution in [2.75, 3.05) is 40.5 Å². The molecule has 0 atom stereocenters. The number of ether oxygens (including phenoxy) is 2. The molecule has 0 aliphatic carbocycles. The Balaban J connectivity index is 0.00000364. The number of nitrogens with one attached hydrogen (secondary N) is 1. The highest BCUT2D eigenvalue weighted by Gasteiger charge is 2.08. The van der Waals surface area contributed by atoms with Crippen LogP contribution in [0.5, 0.6) is 5.88 Å². The lowest BCUT2D eigenvalue weighted by atomic mass is 10.3. The molecule has 27 heavy (non-hydrogen) atoms. The predicted molar refractivity (Wildman–Crippen MR) is 122 cm³/mol. The Morgan fingerprint density at radius 1 is 1.30 bits per heavy atom. The number of halogens is 1. The SMILES string of the molecule is CCNC(=NCc1cccnc1OCCOC)N(C)CCc1cccs1.I. The molecule has 8 heteroatoms. The van der Waals surface area contributed by atoms with Gasteiger partial charge in [0.2, 0.25) is 5.88 Å². The van der Waals surface area contributed by atoms with Crippen LogP contribution in [0.2, 0.25) is 0 Å². The van der Waals surface area contributed by atoms with Crippen molar-refractivity contribution < 1.29 is 9.47 Å². The number of pyridine rings is 1. The van der Waals surface area contributed by atoms with Gasteiger partial charge in [0.05, 0.1) is 13.2 Å². The number of rotatable bonds is 10. The van der Waals surface area contributed by atoms with Gasteiger partial charge in [0.1, 0.15) is 6.61 Å². The first-order chi connectivity index (χ1) is 12.7. The van der Waals surface area contributed by atoms with Crippen LogP contribution in [-0.2, 0) is 17.7 Å². The van der Waals surface area contributed by atoms with Crippen molar-refractivity contribution in [2.45, 2.75) is 19.9 Å². The van der Waals surface area contributed by atoms with E-state index in [1.807, 2.05) is 12.1 Å². The Kier molecular flexibility index (Phi) is 12.0. The topological polar surface area (TPSA) is 59.0 Å². The third kappa shape index (κ3) is 8.44. The fourth-order valence-electron chi connectivity index (χ4n) is 2.36. The number of methoxy groups -OCH3 is 1. The summed E-state index contributed by atoms with van der Waals surface area (Å²) in [6, 6.07) is 8.16. The molecule has 2 aromatic rings. The molecule has 0 spiro atoms. The van der Waals surface area contributed by atoms with Gasteiger partial charge in [-0.3, -0.25) is 0 Å². The van der Waals surface area contributed by atoms with Gasteiger partial charge < -0.3 is 19.7 Å². The molecule has 2 rings (SSSR count). The second-order valence-electron chi connectivity index (χ2n) is 5.73. The van der Waals surface area contributed by atoms with E-state index < -0.39 is 0 Å². The van der Waals surface area contributed by atoms with Crippen molar-refractivity contribution in [1.29, 1.82) is 0 Å². The lowest BCUT2D eigenvalue weighted by Crippen LogP contribution is -2.39. The van der Waals surface area contributed by atoms with Crippen LogP contribution in [-0.4, -0.2) is 56.3 Å². The molecule has 0 amide bonds. The quantitative estimate of drug-likeness (QED) is 0.233. The number of hydrogen-bond acceptors (Lipinski definition) is 5. The fourth-order valence-corrected chi connectivity index (χ4v) is 3.06. The molecular formula is C19H29IN4O2S. The Morgan fingerprint density at radius 2 is 2.15 bits per heavy atom. The fraction of sp³-hybridized carbons (Fsp3) is 0.474. The van der Waals surface area contributed by atoms with Crippen molar-refractivity contribution in [3.63, 3.8) is 0 Å². The van der Waals surface area contributed by atoms with Crippen molar-refractivity contribution in [3.8, 4) is 5.88 Å². The lowest BCUT2D eigenvalue weighted by molar-refractivity contribution is 0.143. The van der Waals surface area contributed by atoms with E-state index in [1.54, 1.807) is 24.6 Å². The first-order valence-electron chi connectivity index (χ1n) is 8.82. The first-order valence-corrected chi connectivity index (χ1v) is 9.70. The van der Waals surface area contributed by atoms with Gasteiger partial charge in [-0.25, -0.2) is 9.98 Å². The van der Waals surface area contributed by atoms with Crippen LogP contribution in [0.1, 0.15) is 17.4 Å². The molecule has 6 nitrogen and oxygen atoms in total. The second-order valence-corrected chi connectivity index (χ2v) is 6.76.